The summed E-state index contributed by atoms with van der Waals surface area (Å²) in [5, 5.41) is 6.07. The Labute approximate surface area is 169 Å². The number of anilines is 1. The van der Waals surface area contributed by atoms with E-state index >= 15 is 0 Å². The topological polar surface area (TPSA) is 74.3 Å². The van der Waals surface area contributed by atoms with E-state index in [0.717, 1.165) is 24.2 Å². The number of carbonyl (C=O) groups excluding carboxylic acids is 2. The van der Waals surface area contributed by atoms with Gasteiger partial charge in [-0.3, -0.25) is 14.6 Å². The van der Waals surface area contributed by atoms with Gasteiger partial charge in [0.05, 0.1) is 5.56 Å². The maximum absolute atomic E-state index is 12.9. The highest BCUT2D eigenvalue weighted by molar-refractivity contribution is 6.10. The highest BCUT2D eigenvalue weighted by Gasteiger charge is 2.24. The van der Waals surface area contributed by atoms with E-state index in [4.69, 9.17) is 0 Å². The Hall–Kier alpha value is -3.51. The first-order valence-corrected chi connectivity index (χ1v) is 9.64. The zero-order chi connectivity index (χ0) is 20.1. The van der Waals surface area contributed by atoms with Crippen molar-refractivity contribution in [1.82, 2.24) is 15.2 Å². The molecular formula is C23H22N4O2. The monoisotopic (exact) mass is 386 g/mol. The van der Waals surface area contributed by atoms with Crippen LogP contribution in [0.25, 0.3) is 11.1 Å². The molecule has 0 aliphatic carbocycles. The van der Waals surface area contributed by atoms with Crippen molar-refractivity contribution in [3.05, 3.63) is 84.2 Å². The minimum atomic E-state index is -0.392. The third kappa shape index (κ3) is 4.33. The predicted octanol–water partition coefficient (Wildman–Crippen LogP) is 3.05. The number of nitrogens with zero attached hydrogens (tertiary/aromatic N) is 2. The molecule has 2 N–H and O–H groups in total. The van der Waals surface area contributed by atoms with Gasteiger partial charge >= 0.3 is 0 Å². The van der Waals surface area contributed by atoms with Gasteiger partial charge in [-0.2, -0.15) is 0 Å². The molecule has 1 aliphatic heterocycles. The van der Waals surface area contributed by atoms with E-state index in [2.05, 4.69) is 15.6 Å². The van der Waals surface area contributed by atoms with Crippen LogP contribution >= 0.6 is 0 Å². The molecule has 0 saturated carbocycles. The molecule has 2 amide bonds. The first-order chi connectivity index (χ1) is 14.2. The fourth-order valence-electron chi connectivity index (χ4n) is 3.36. The number of hydrogen-bond donors (Lipinski definition) is 2. The van der Waals surface area contributed by atoms with Crippen molar-refractivity contribution in [3.8, 4) is 11.1 Å². The van der Waals surface area contributed by atoms with Crippen LogP contribution in [0.5, 0.6) is 0 Å². The van der Waals surface area contributed by atoms with Gasteiger partial charge in [-0.25, -0.2) is 0 Å². The molecule has 1 aromatic heterocycles. The number of benzene rings is 2. The average molecular weight is 386 g/mol. The van der Waals surface area contributed by atoms with Gasteiger partial charge in [-0.05, 0) is 35.4 Å². The molecule has 2 aromatic carbocycles. The Morgan fingerprint density at radius 1 is 0.862 bits per heavy atom. The summed E-state index contributed by atoms with van der Waals surface area (Å²) in [6, 6.07) is 21.0. The Kier molecular flexibility index (Phi) is 5.63. The van der Waals surface area contributed by atoms with Crippen molar-refractivity contribution < 1.29 is 9.59 Å². The molecule has 1 fully saturated rings. The quantitative estimate of drug-likeness (QED) is 0.723. The second-order valence-corrected chi connectivity index (χ2v) is 6.84. The van der Waals surface area contributed by atoms with Crippen LogP contribution in [0.4, 0.5) is 5.69 Å². The van der Waals surface area contributed by atoms with Gasteiger partial charge in [-0.1, -0.05) is 42.5 Å². The minimum Gasteiger partial charge on any atom is -0.336 e. The summed E-state index contributed by atoms with van der Waals surface area (Å²) in [4.78, 5) is 31.6. The SMILES string of the molecule is O=C(Nc1ccc(-c2ccccc2)cc1)c1ncccc1C(=O)N1CCNCC1. The zero-order valence-corrected chi connectivity index (χ0v) is 16.0. The summed E-state index contributed by atoms with van der Waals surface area (Å²) in [5.74, 6) is -0.555. The van der Waals surface area contributed by atoms with Gasteiger partial charge in [0.1, 0.15) is 5.69 Å². The summed E-state index contributed by atoms with van der Waals surface area (Å²) in [6.07, 6.45) is 1.53. The third-order valence-corrected chi connectivity index (χ3v) is 4.91. The molecule has 146 valence electrons. The summed E-state index contributed by atoms with van der Waals surface area (Å²) in [5.41, 5.74) is 3.30. The molecule has 3 aromatic rings. The minimum absolute atomic E-state index is 0.142. The molecule has 6 nitrogen and oxygen atoms in total. The van der Waals surface area contributed by atoms with Gasteiger partial charge in [0.25, 0.3) is 11.8 Å². The van der Waals surface area contributed by atoms with Crippen molar-refractivity contribution in [2.45, 2.75) is 0 Å². The van der Waals surface area contributed by atoms with Gasteiger partial charge in [-0.15, -0.1) is 0 Å². The number of hydrogen-bond acceptors (Lipinski definition) is 4. The maximum atomic E-state index is 12.9. The van der Waals surface area contributed by atoms with Gasteiger partial charge < -0.3 is 15.5 Å². The highest BCUT2D eigenvalue weighted by Crippen LogP contribution is 2.21. The molecule has 1 saturated heterocycles. The fourth-order valence-corrected chi connectivity index (χ4v) is 3.36. The fraction of sp³-hybridized carbons (Fsp3) is 0.174. The molecule has 1 aliphatic rings. The summed E-state index contributed by atoms with van der Waals surface area (Å²) < 4.78 is 0. The van der Waals surface area contributed by atoms with E-state index in [0.29, 0.717) is 24.3 Å². The Morgan fingerprint density at radius 3 is 2.28 bits per heavy atom. The van der Waals surface area contributed by atoms with E-state index in [-0.39, 0.29) is 11.6 Å². The van der Waals surface area contributed by atoms with Crippen LogP contribution in [0.1, 0.15) is 20.8 Å². The lowest BCUT2D eigenvalue weighted by Crippen LogP contribution is -2.46. The van der Waals surface area contributed by atoms with Gasteiger partial charge in [0.2, 0.25) is 0 Å². The lowest BCUT2D eigenvalue weighted by Gasteiger charge is -2.27. The molecular weight excluding hydrogens is 364 g/mol. The molecule has 0 unspecified atom stereocenters. The van der Waals surface area contributed by atoms with Crippen LogP contribution in [0.15, 0.2) is 72.9 Å². The molecule has 29 heavy (non-hydrogen) atoms. The smallest absolute Gasteiger partial charge is 0.275 e. The Morgan fingerprint density at radius 2 is 1.55 bits per heavy atom. The molecule has 4 rings (SSSR count). The second-order valence-electron chi connectivity index (χ2n) is 6.84. The zero-order valence-electron chi connectivity index (χ0n) is 16.0. The van der Waals surface area contributed by atoms with Crippen LogP contribution in [-0.4, -0.2) is 47.9 Å². The van der Waals surface area contributed by atoms with Crippen molar-refractivity contribution in [2.75, 3.05) is 31.5 Å². The molecule has 6 heteroatoms. The van der Waals surface area contributed by atoms with E-state index in [1.165, 1.54) is 6.20 Å². The first kappa shape index (κ1) is 18.8. The Bertz CT molecular complexity index is 997. The van der Waals surface area contributed by atoms with E-state index in [1.54, 1.807) is 17.0 Å². The maximum Gasteiger partial charge on any atom is 0.275 e. The largest absolute Gasteiger partial charge is 0.336 e. The van der Waals surface area contributed by atoms with Crippen molar-refractivity contribution in [1.29, 1.82) is 0 Å². The van der Waals surface area contributed by atoms with Crippen molar-refractivity contribution >= 4 is 17.5 Å². The van der Waals surface area contributed by atoms with Crippen LogP contribution < -0.4 is 10.6 Å². The van der Waals surface area contributed by atoms with E-state index in [1.807, 2.05) is 54.6 Å². The van der Waals surface area contributed by atoms with Crippen LogP contribution in [0.3, 0.4) is 0 Å². The first-order valence-electron chi connectivity index (χ1n) is 9.64. The number of pyridine rings is 1. The molecule has 0 bridgehead atoms. The van der Waals surface area contributed by atoms with E-state index < -0.39 is 5.91 Å². The van der Waals surface area contributed by atoms with E-state index in [9.17, 15) is 9.59 Å². The number of nitrogens with one attached hydrogen (secondary N) is 2. The van der Waals surface area contributed by atoms with Crippen LogP contribution in [-0.2, 0) is 0 Å². The van der Waals surface area contributed by atoms with Gasteiger partial charge in [0.15, 0.2) is 0 Å². The molecule has 2 heterocycles. The van der Waals surface area contributed by atoms with Gasteiger partial charge in [0, 0.05) is 38.1 Å². The van der Waals surface area contributed by atoms with Crippen LogP contribution in [0.2, 0.25) is 0 Å². The third-order valence-electron chi connectivity index (χ3n) is 4.91. The number of aromatic nitrogens is 1. The summed E-state index contributed by atoms with van der Waals surface area (Å²) >= 11 is 0. The van der Waals surface area contributed by atoms with Crippen molar-refractivity contribution in [3.63, 3.8) is 0 Å². The molecule has 0 spiro atoms. The molecule has 0 atom stereocenters. The highest BCUT2D eigenvalue weighted by atomic mass is 16.2. The van der Waals surface area contributed by atoms with Crippen LogP contribution in [0, 0.1) is 0 Å². The number of piperazine rings is 1. The lowest BCUT2D eigenvalue weighted by molar-refractivity contribution is 0.0730. The second kappa shape index (κ2) is 8.67. The summed E-state index contributed by atoms with van der Waals surface area (Å²) in [6.45, 7) is 2.74. The summed E-state index contributed by atoms with van der Waals surface area (Å²) in [7, 11) is 0. The number of amides is 2. The standard InChI is InChI=1S/C23H22N4O2/c28-22(26-19-10-8-18(9-11-19)17-5-2-1-3-6-17)21-20(7-4-12-25-21)23(29)27-15-13-24-14-16-27/h1-12,24H,13-16H2,(H,26,28). The average Bonchev–Trinajstić information content (AvgIpc) is 2.80. The van der Waals surface area contributed by atoms with Crippen molar-refractivity contribution in [2.24, 2.45) is 0 Å². The Balaban J connectivity index is 1.51. The number of rotatable bonds is 4. The molecule has 0 radical (unpaired) electrons. The predicted molar refractivity (Wildman–Crippen MR) is 113 cm³/mol. The normalized spacial score (nSPS) is 13.7. The lowest BCUT2D eigenvalue weighted by atomic mass is 10.1. The number of carbonyl (C=O) groups is 2.